The molecule has 0 unspecified atom stereocenters. The van der Waals surface area contributed by atoms with Crippen molar-refractivity contribution in [3.63, 3.8) is 0 Å². The molecule has 1 N–H and O–H groups in total. The van der Waals surface area contributed by atoms with E-state index in [2.05, 4.69) is 51.8 Å². The van der Waals surface area contributed by atoms with Crippen LogP contribution in [0.3, 0.4) is 0 Å². The molecule has 0 amide bonds. The second kappa shape index (κ2) is 9.23. The van der Waals surface area contributed by atoms with Gasteiger partial charge in [-0.3, -0.25) is 4.90 Å². The third-order valence-electron chi connectivity index (χ3n) is 3.59. The van der Waals surface area contributed by atoms with Crippen LogP contribution in [0.15, 0.2) is 16.7 Å². The molecule has 4 heteroatoms. The molecule has 21 heavy (non-hydrogen) atoms. The summed E-state index contributed by atoms with van der Waals surface area (Å²) in [6.45, 7) is 16.3. The monoisotopic (exact) mass is 296 g/mol. The molecule has 0 aromatic carbocycles. The van der Waals surface area contributed by atoms with E-state index in [-0.39, 0.29) is 0 Å². The quantitative estimate of drug-likeness (QED) is 0.671. The van der Waals surface area contributed by atoms with Crippen molar-refractivity contribution in [3.05, 3.63) is 23.7 Å². The molecule has 1 aromatic heterocycles. The average Bonchev–Trinajstić information content (AvgIpc) is 2.82. The van der Waals surface area contributed by atoms with Crippen LogP contribution < -0.4 is 5.32 Å². The van der Waals surface area contributed by atoms with E-state index in [4.69, 9.17) is 9.15 Å². The summed E-state index contributed by atoms with van der Waals surface area (Å²) in [7, 11) is 0. The maximum Gasteiger partial charge on any atom is 0.123 e. The van der Waals surface area contributed by atoms with Gasteiger partial charge >= 0.3 is 0 Å². The summed E-state index contributed by atoms with van der Waals surface area (Å²) >= 11 is 0. The zero-order valence-electron chi connectivity index (χ0n) is 14.5. The smallest absolute Gasteiger partial charge is 0.123 e. The first kappa shape index (κ1) is 18.2. The van der Waals surface area contributed by atoms with Crippen molar-refractivity contribution in [3.8, 4) is 0 Å². The van der Waals surface area contributed by atoms with Crippen molar-refractivity contribution in [1.29, 1.82) is 0 Å². The molecule has 0 aliphatic heterocycles. The highest BCUT2D eigenvalue weighted by Gasteiger charge is 2.13. The number of furan rings is 1. The van der Waals surface area contributed by atoms with Crippen molar-refractivity contribution >= 4 is 0 Å². The van der Waals surface area contributed by atoms with Gasteiger partial charge in [0.1, 0.15) is 5.76 Å². The highest BCUT2D eigenvalue weighted by Crippen LogP contribution is 2.12. The Morgan fingerprint density at radius 3 is 2.38 bits per heavy atom. The molecule has 1 heterocycles. The van der Waals surface area contributed by atoms with Gasteiger partial charge in [0.15, 0.2) is 0 Å². The molecule has 122 valence electrons. The van der Waals surface area contributed by atoms with Crippen LogP contribution in [0.2, 0.25) is 0 Å². The SMILES string of the molecule is CC(C)NCc1occc1COCCN(C(C)C)C(C)C. The molecule has 0 atom stereocenters. The van der Waals surface area contributed by atoms with Gasteiger partial charge in [0.2, 0.25) is 0 Å². The van der Waals surface area contributed by atoms with Crippen LogP contribution in [0.4, 0.5) is 0 Å². The van der Waals surface area contributed by atoms with E-state index in [1.165, 1.54) is 0 Å². The van der Waals surface area contributed by atoms with Gasteiger partial charge in [0.05, 0.1) is 26.0 Å². The minimum Gasteiger partial charge on any atom is -0.468 e. The molecule has 0 aliphatic rings. The van der Waals surface area contributed by atoms with Crippen LogP contribution >= 0.6 is 0 Å². The summed E-state index contributed by atoms with van der Waals surface area (Å²) in [6.07, 6.45) is 1.74. The normalized spacial score (nSPS) is 12.3. The Morgan fingerprint density at radius 1 is 1.14 bits per heavy atom. The van der Waals surface area contributed by atoms with Crippen LogP contribution in [-0.2, 0) is 17.9 Å². The van der Waals surface area contributed by atoms with Crippen LogP contribution in [0.25, 0.3) is 0 Å². The molecule has 0 radical (unpaired) electrons. The summed E-state index contributed by atoms with van der Waals surface area (Å²) in [5, 5.41) is 3.37. The van der Waals surface area contributed by atoms with E-state index in [0.29, 0.717) is 24.7 Å². The average molecular weight is 296 g/mol. The van der Waals surface area contributed by atoms with Crippen LogP contribution in [0.1, 0.15) is 52.9 Å². The van der Waals surface area contributed by atoms with E-state index < -0.39 is 0 Å². The van der Waals surface area contributed by atoms with Gasteiger partial charge in [-0.15, -0.1) is 0 Å². The first-order valence-corrected chi connectivity index (χ1v) is 8.04. The molecular weight excluding hydrogens is 264 g/mol. The summed E-state index contributed by atoms with van der Waals surface area (Å²) in [6, 6.07) is 3.55. The fourth-order valence-corrected chi connectivity index (χ4v) is 2.41. The maximum atomic E-state index is 5.83. The molecule has 0 saturated carbocycles. The van der Waals surface area contributed by atoms with Crippen LogP contribution in [0, 0.1) is 0 Å². The number of rotatable bonds is 10. The molecule has 0 aliphatic carbocycles. The van der Waals surface area contributed by atoms with Crippen LogP contribution in [0.5, 0.6) is 0 Å². The molecule has 0 fully saturated rings. The Hall–Kier alpha value is -0.840. The van der Waals surface area contributed by atoms with E-state index >= 15 is 0 Å². The molecule has 4 nitrogen and oxygen atoms in total. The molecule has 0 bridgehead atoms. The lowest BCUT2D eigenvalue weighted by Gasteiger charge is -2.30. The largest absolute Gasteiger partial charge is 0.468 e. The minimum absolute atomic E-state index is 0.453. The fourth-order valence-electron chi connectivity index (χ4n) is 2.41. The highest BCUT2D eigenvalue weighted by molar-refractivity contribution is 5.15. The Balaban J connectivity index is 2.34. The van der Waals surface area contributed by atoms with Gasteiger partial charge in [-0.25, -0.2) is 0 Å². The van der Waals surface area contributed by atoms with Crippen LogP contribution in [-0.4, -0.2) is 36.2 Å². The second-order valence-electron chi connectivity index (χ2n) is 6.38. The minimum atomic E-state index is 0.453. The lowest BCUT2D eigenvalue weighted by molar-refractivity contribution is 0.0692. The van der Waals surface area contributed by atoms with Crippen molar-refractivity contribution in [2.45, 2.75) is 72.8 Å². The summed E-state index contributed by atoms with van der Waals surface area (Å²) in [5.74, 6) is 0.980. The standard InChI is InChI=1S/C17H32N2O2/c1-13(2)18-11-17-16(7-9-21-17)12-20-10-8-19(14(3)4)15(5)6/h7,9,13-15,18H,8,10-12H2,1-6H3. The number of ether oxygens (including phenoxy) is 1. The van der Waals surface area contributed by atoms with Gasteiger partial charge in [-0.1, -0.05) is 13.8 Å². The maximum absolute atomic E-state index is 5.83. The number of nitrogens with one attached hydrogen (secondary N) is 1. The van der Waals surface area contributed by atoms with Gasteiger partial charge in [-0.2, -0.15) is 0 Å². The second-order valence-corrected chi connectivity index (χ2v) is 6.38. The zero-order chi connectivity index (χ0) is 15.8. The lowest BCUT2D eigenvalue weighted by atomic mass is 10.2. The molecule has 1 rings (SSSR count). The van der Waals surface area contributed by atoms with Crippen molar-refractivity contribution in [2.24, 2.45) is 0 Å². The topological polar surface area (TPSA) is 37.6 Å². The predicted octanol–water partition coefficient (Wildman–Crippen LogP) is 3.41. The fraction of sp³-hybridized carbons (Fsp3) is 0.765. The van der Waals surface area contributed by atoms with Gasteiger partial charge in [-0.05, 0) is 33.8 Å². The van der Waals surface area contributed by atoms with E-state index in [9.17, 15) is 0 Å². The Bertz CT molecular complexity index is 378. The number of nitrogens with zero attached hydrogens (tertiary/aromatic N) is 1. The number of hydrogen-bond donors (Lipinski definition) is 1. The third kappa shape index (κ3) is 6.64. The van der Waals surface area contributed by atoms with E-state index in [1.807, 2.05) is 6.07 Å². The Kier molecular flexibility index (Phi) is 8.01. The highest BCUT2D eigenvalue weighted by atomic mass is 16.5. The predicted molar refractivity (Wildman–Crippen MR) is 87.3 cm³/mol. The van der Waals surface area contributed by atoms with Crippen molar-refractivity contribution < 1.29 is 9.15 Å². The van der Waals surface area contributed by atoms with E-state index in [1.54, 1.807) is 6.26 Å². The summed E-state index contributed by atoms with van der Waals surface area (Å²) < 4.78 is 11.3. The summed E-state index contributed by atoms with van der Waals surface area (Å²) in [4.78, 5) is 2.44. The third-order valence-corrected chi connectivity index (χ3v) is 3.59. The van der Waals surface area contributed by atoms with E-state index in [0.717, 1.165) is 31.0 Å². The van der Waals surface area contributed by atoms with Crippen molar-refractivity contribution in [1.82, 2.24) is 10.2 Å². The molecular formula is C17H32N2O2. The summed E-state index contributed by atoms with van der Waals surface area (Å²) in [5.41, 5.74) is 1.14. The first-order chi connectivity index (χ1) is 9.91. The first-order valence-electron chi connectivity index (χ1n) is 8.04. The van der Waals surface area contributed by atoms with Gasteiger partial charge in [0, 0.05) is 30.2 Å². The van der Waals surface area contributed by atoms with Gasteiger partial charge in [0.25, 0.3) is 0 Å². The Labute approximate surface area is 129 Å². The Morgan fingerprint density at radius 2 is 1.81 bits per heavy atom. The molecule has 1 aromatic rings. The zero-order valence-corrected chi connectivity index (χ0v) is 14.5. The molecule has 0 spiro atoms. The molecule has 0 saturated heterocycles. The number of hydrogen-bond acceptors (Lipinski definition) is 4. The lowest BCUT2D eigenvalue weighted by Crippen LogP contribution is -2.39. The van der Waals surface area contributed by atoms with Gasteiger partial charge < -0.3 is 14.5 Å². The van der Waals surface area contributed by atoms with Crippen molar-refractivity contribution in [2.75, 3.05) is 13.2 Å².